The van der Waals surface area contributed by atoms with E-state index in [1.54, 1.807) is 0 Å². The molecule has 2 rings (SSSR count). The molecule has 1 aliphatic rings. The third kappa shape index (κ3) is 3.40. The Morgan fingerprint density at radius 3 is 2.39 bits per heavy atom. The van der Waals surface area contributed by atoms with Gasteiger partial charge in [-0.05, 0) is 31.5 Å². The topological polar surface area (TPSA) is 58.3 Å². The number of anilines is 1. The quantitative estimate of drug-likeness (QED) is 0.824. The van der Waals surface area contributed by atoms with Crippen molar-refractivity contribution in [2.75, 3.05) is 44.2 Å². The van der Waals surface area contributed by atoms with Crippen molar-refractivity contribution in [1.29, 1.82) is 0 Å². The highest BCUT2D eigenvalue weighted by atomic mass is 15.3. The van der Waals surface area contributed by atoms with Gasteiger partial charge in [-0.1, -0.05) is 6.92 Å². The zero-order valence-electron chi connectivity index (χ0n) is 11.2. The van der Waals surface area contributed by atoms with Crippen LogP contribution in [-0.2, 0) is 6.42 Å². The molecule has 5 heteroatoms. The molecule has 0 aromatic carbocycles. The number of nitrogens with zero attached hydrogens (tertiary/aromatic N) is 4. The van der Waals surface area contributed by atoms with Crippen molar-refractivity contribution < 1.29 is 0 Å². The van der Waals surface area contributed by atoms with Crippen LogP contribution in [0.1, 0.15) is 18.9 Å². The summed E-state index contributed by atoms with van der Waals surface area (Å²) in [6, 6.07) is 0. The number of aromatic nitrogens is 2. The van der Waals surface area contributed by atoms with E-state index < -0.39 is 0 Å². The molecule has 0 aliphatic carbocycles. The highest BCUT2D eigenvalue weighted by molar-refractivity contribution is 5.30. The molecule has 2 N–H and O–H groups in total. The SMILES string of the molecule is CCCN1CCN(c2ncc(CCN)cn2)CC1. The van der Waals surface area contributed by atoms with Gasteiger partial charge in [-0.15, -0.1) is 0 Å². The average Bonchev–Trinajstić information content (AvgIpc) is 2.41. The molecule has 0 saturated carbocycles. The maximum absolute atomic E-state index is 5.51. The summed E-state index contributed by atoms with van der Waals surface area (Å²) in [5.41, 5.74) is 6.63. The number of rotatable bonds is 5. The Bertz CT molecular complexity index is 343. The summed E-state index contributed by atoms with van der Waals surface area (Å²) in [6.45, 7) is 8.35. The molecule has 1 fully saturated rings. The predicted molar refractivity (Wildman–Crippen MR) is 73.7 cm³/mol. The van der Waals surface area contributed by atoms with Crippen LogP contribution in [0, 0.1) is 0 Å². The molecule has 1 saturated heterocycles. The Hall–Kier alpha value is -1.20. The van der Waals surface area contributed by atoms with Gasteiger partial charge in [0.2, 0.25) is 5.95 Å². The first kappa shape index (κ1) is 13.2. The first-order valence-electron chi connectivity index (χ1n) is 6.81. The monoisotopic (exact) mass is 249 g/mol. The van der Waals surface area contributed by atoms with Gasteiger partial charge in [0.1, 0.15) is 0 Å². The van der Waals surface area contributed by atoms with Crippen LogP contribution in [0.15, 0.2) is 12.4 Å². The summed E-state index contributed by atoms with van der Waals surface area (Å²) in [6.07, 6.45) is 5.87. The molecular weight excluding hydrogens is 226 g/mol. The molecule has 0 spiro atoms. The second-order valence-electron chi connectivity index (χ2n) is 4.76. The molecule has 0 amide bonds. The van der Waals surface area contributed by atoms with Crippen LogP contribution >= 0.6 is 0 Å². The first-order chi connectivity index (χ1) is 8.83. The Labute approximate surface area is 109 Å². The van der Waals surface area contributed by atoms with E-state index in [9.17, 15) is 0 Å². The Morgan fingerprint density at radius 2 is 1.83 bits per heavy atom. The van der Waals surface area contributed by atoms with Crippen LogP contribution in [-0.4, -0.2) is 54.1 Å². The molecule has 0 unspecified atom stereocenters. The fourth-order valence-electron chi connectivity index (χ4n) is 2.29. The van der Waals surface area contributed by atoms with Crippen LogP contribution in [0.4, 0.5) is 5.95 Å². The Kier molecular flexibility index (Phi) is 4.90. The molecule has 2 heterocycles. The lowest BCUT2D eigenvalue weighted by molar-refractivity contribution is 0.257. The summed E-state index contributed by atoms with van der Waals surface area (Å²) in [5, 5.41) is 0. The smallest absolute Gasteiger partial charge is 0.225 e. The molecular formula is C13H23N5. The summed E-state index contributed by atoms with van der Waals surface area (Å²) < 4.78 is 0. The van der Waals surface area contributed by atoms with E-state index in [-0.39, 0.29) is 0 Å². The normalized spacial score (nSPS) is 17.1. The minimum absolute atomic E-state index is 0.651. The highest BCUT2D eigenvalue weighted by Crippen LogP contribution is 2.11. The van der Waals surface area contributed by atoms with Gasteiger partial charge in [-0.2, -0.15) is 0 Å². The van der Waals surface area contributed by atoms with Crippen LogP contribution in [0.25, 0.3) is 0 Å². The lowest BCUT2D eigenvalue weighted by Gasteiger charge is -2.34. The maximum atomic E-state index is 5.51. The molecule has 1 aromatic heterocycles. The minimum atomic E-state index is 0.651. The summed E-state index contributed by atoms with van der Waals surface area (Å²) in [7, 11) is 0. The Balaban J connectivity index is 1.89. The fourth-order valence-corrected chi connectivity index (χ4v) is 2.29. The highest BCUT2D eigenvalue weighted by Gasteiger charge is 2.17. The zero-order chi connectivity index (χ0) is 12.8. The van der Waals surface area contributed by atoms with E-state index in [0.717, 1.165) is 44.1 Å². The largest absolute Gasteiger partial charge is 0.338 e. The average molecular weight is 249 g/mol. The van der Waals surface area contributed by atoms with E-state index in [1.807, 2.05) is 12.4 Å². The van der Waals surface area contributed by atoms with Gasteiger partial charge in [0.15, 0.2) is 0 Å². The standard InChI is InChI=1S/C13H23N5/c1-2-5-17-6-8-18(9-7-17)13-15-10-12(3-4-14)11-16-13/h10-11H,2-9,14H2,1H3. The summed E-state index contributed by atoms with van der Waals surface area (Å²) in [5.74, 6) is 0.854. The van der Waals surface area contributed by atoms with Crippen molar-refractivity contribution in [1.82, 2.24) is 14.9 Å². The summed E-state index contributed by atoms with van der Waals surface area (Å²) in [4.78, 5) is 13.6. The Morgan fingerprint density at radius 1 is 1.17 bits per heavy atom. The number of hydrogen-bond donors (Lipinski definition) is 1. The van der Waals surface area contributed by atoms with Crippen molar-refractivity contribution >= 4 is 5.95 Å². The molecule has 0 bridgehead atoms. The van der Waals surface area contributed by atoms with Gasteiger partial charge in [-0.25, -0.2) is 9.97 Å². The van der Waals surface area contributed by atoms with Crippen LogP contribution in [0.2, 0.25) is 0 Å². The van der Waals surface area contributed by atoms with Crippen LogP contribution in [0.5, 0.6) is 0 Å². The van der Waals surface area contributed by atoms with Gasteiger partial charge in [0.05, 0.1) is 0 Å². The van der Waals surface area contributed by atoms with Gasteiger partial charge in [0, 0.05) is 38.6 Å². The van der Waals surface area contributed by atoms with Crippen molar-refractivity contribution in [3.63, 3.8) is 0 Å². The lowest BCUT2D eigenvalue weighted by Crippen LogP contribution is -2.47. The van der Waals surface area contributed by atoms with E-state index >= 15 is 0 Å². The predicted octanol–water partition coefficient (Wildman–Crippen LogP) is 0.510. The van der Waals surface area contributed by atoms with Crippen molar-refractivity contribution in [2.45, 2.75) is 19.8 Å². The first-order valence-corrected chi connectivity index (χ1v) is 6.81. The van der Waals surface area contributed by atoms with Gasteiger partial charge in [0.25, 0.3) is 0 Å². The second-order valence-corrected chi connectivity index (χ2v) is 4.76. The molecule has 1 aromatic rings. The van der Waals surface area contributed by atoms with Crippen molar-refractivity contribution in [2.24, 2.45) is 5.73 Å². The van der Waals surface area contributed by atoms with Crippen LogP contribution in [0.3, 0.4) is 0 Å². The third-order valence-corrected chi connectivity index (χ3v) is 3.32. The van der Waals surface area contributed by atoms with Crippen molar-refractivity contribution in [3.05, 3.63) is 18.0 Å². The minimum Gasteiger partial charge on any atom is -0.338 e. The van der Waals surface area contributed by atoms with Gasteiger partial charge in [-0.3, -0.25) is 4.90 Å². The van der Waals surface area contributed by atoms with E-state index in [2.05, 4.69) is 26.7 Å². The van der Waals surface area contributed by atoms with E-state index in [0.29, 0.717) is 6.54 Å². The zero-order valence-corrected chi connectivity index (χ0v) is 11.2. The molecule has 1 aliphatic heterocycles. The number of piperazine rings is 1. The van der Waals surface area contributed by atoms with Gasteiger partial charge < -0.3 is 10.6 Å². The second kappa shape index (κ2) is 6.66. The molecule has 0 atom stereocenters. The molecule has 5 nitrogen and oxygen atoms in total. The van der Waals surface area contributed by atoms with Crippen molar-refractivity contribution in [3.8, 4) is 0 Å². The number of hydrogen-bond acceptors (Lipinski definition) is 5. The summed E-state index contributed by atoms with van der Waals surface area (Å²) >= 11 is 0. The van der Waals surface area contributed by atoms with E-state index in [4.69, 9.17) is 5.73 Å². The fraction of sp³-hybridized carbons (Fsp3) is 0.692. The van der Waals surface area contributed by atoms with E-state index in [1.165, 1.54) is 13.0 Å². The van der Waals surface area contributed by atoms with Gasteiger partial charge >= 0.3 is 0 Å². The third-order valence-electron chi connectivity index (χ3n) is 3.32. The lowest BCUT2D eigenvalue weighted by atomic mass is 10.2. The number of nitrogens with two attached hydrogens (primary N) is 1. The maximum Gasteiger partial charge on any atom is 0.225 e. The molecule has 18 heavy (non-hydrogen) atoms. The molecule has 0 radical (unpaired) electrons. The van der Waals surface area contributed by atoms with Crippen LogP contribution < -0.4 is 10.6 Å². The molecule has 100 valence electrons.